The first-order valence-electron chi connectivity index (χ1n) is 7.38. The molecule has 0 saturated heterocycles. The summed E-state index contributed by atoms with van der Waals surface area (Å²) in [6.45, 7) is 0.289. The van der Waals surface area contributed by atoms with Gasteiger partial charge in [-0.05, 0) is 37.0 Å². The molecule has 0 aliphatic heterocycles. The third kappa shape index (κ3) is 5.41. The fraction of sp³-hybridized carbons (Fsp3) is 0.500. The quantitative estimate of drug-likeness (QED) is 0.839. The number of rotatable bonds is 4. The maximum atomic E-state index is 12.2. The summed E-state index contributed by atoms with van der Waals surface area (Å²) in [5.74, 6) is 6.17. The van der Waals surface area contributed by atoms with Crippen LogP contribution in [0.1, 0.15) is 37.7 Å². The van der Waals surface area contributed by atoms with Gasteiger partial charge in [0, 0.05) is 11.3 Å². The van der Waals surface area contributed by atoms with E-state index < -0.39 is 10.0 Å². The zero-order valence-electron chi connectivity index (χ0n) is 12.1. The molecule has 1 saturated carbocycles. The number of benzene rings is 1. The zero-order chi connectivity index (χ0) is 15.1. The van der Waals surface area contributed by atoms with Crippen LogP contribution in [0.25, 0.3) is 0 Å². The van der Waals surface area contributed by atoms with Crippen LogP contribution in [-0.4, -0.2) is 20.7 Å². The Labute approximate surface area is 127 Å². The van der Waals surface area contributed by atoms with Crippen LogP contribution < -0.4 is 10.5 Å². The lowest BCUT2D eigenvalue weighted by Crippen LogP contribution is -2.24. The van der Waals surface area contributed by atoms with Crippen LogP contribution in [0.15, 0.2) is 24.3 Å². The molecule has 0 aromatic heterocycles. The maximum absolute atomic E-state index is 12.2. The molecule has 0 spiro atoms. The largest absolute Gasteiger partial charge is 0.320 e. The first kappa shape index (κ1) is 15.9. The highest BCUT2D eigenvalue weighted by Crippen LogP contribution is 2.25. The Hall–Kier alpha value is -1.51. The third-order valence-electron chi connectivity index (χ3n) is 3.65. The molecule has 5 heteroatoms. The van der Waals surface area contributed by atoms with Crippen molar-refractivity contribution in [2.24, 2.45) is 11.7 Å². The lowest BCUT2D eigenvalue weighted by atomic mass is 9.91. The van der Waals surface area contributed by atoms with Gasteiger partial charge in [-0.15, -0.1) is 0 Å². The first-order valence-corrected chi connectivity index (χ1v) is 9.04. The Bertz CT molecular complexity index is 623. The van der Waals surface area contributed by atoms with E-state index in [0.29, 0.717) is 5.69 Å². The molecule has 1 aliphatic rings. The summed E-state index contributed by atoms with van der Waals surface area (Å²) in [5, 5.41) is 0. The highest BCUT2D eigenvalue weighted by molar-refractivity contribution is 7.92. The predicted octanol–water partition coefficient (Wildman–Crippen LogP) is 2.32. The molecule has 1 aromatic carbocycles. The lowest BCUT2D eigenvalue weighted by Gasteiger charge is -2.21. The van der Waals surface area contributed by atoms with Gasteiger partial charge in [-0.3, -0.25) is 4.72 Å². The number of sulfonamides is 1. The van der Waals surface area contributed by atoms with Gasteiger partial charge in [-0.1, -0.05) is 37.2 Å². The van der Waals surface area contributed by atoms with Crippen molar-refractivity contribution in [2.45, 2.75) is 32.1 Å². The van der Waals surface area contributed by atoms with Gasteiger partial charge in [-0.25, -0.2) is 8.42 Å². The number of anilines is 1. The number of nitrogens with two attached hydrogens (primary N) is 1. The predicted molar refractivity (Wildman–Crippen MR) is 86.4 cm³/mol. The molecule has 114 valence electrons. The van der Waals surface area contributed by atoms with Crippen LogP contribution >= 0.6 is 0 Å². The van der Waals surface area contributed by atoms with E-state index in [4.69, 9.17) is 5.73 Å². The standard InChI is InChI=1S/C16H22N2O2S/c17-11-5-9-14-8-4-10-16(12-14)18-21(19,20)13-15-6-2-1-3-7-15/h4,8,10,12,15,18H,1-3,6-7,11,13,17H2. The van der Waals surface area contributed by atoms with Crippen LogP contribution in [-0.2, 0) is 10.0 Å². The second-order valence-electron chi connectivity index (χ2n) is 5.47. The van der Waals surface area contributed by atoms with Gasteiger partial charge < -0.3 is 5.73 Å². The molecule has 0 bridgehead atoms. The highest BCUT2D eigenvalue weighted by Gasteiger charge is 2.21. The fourth-order valence-corrected chi connectivity index (χ4v) is 4.22. The summed E-state index contributed by atoms with van der Waals surface area (Å²) in [6, 6.07) is 7.10. The van der Waals surface area contributed by atoms with Gasteiger partial charge in [0.15, 0.2) is 0 Å². The molecular weight excluding hydrogens is 284 g/mol. The first-order chi connectivity index (χ1) is 10.1. The van der Waals surface area contributed by atoms with E-state index in [-0.39, 0.29) is 18.2 Å². The molecule has 0 heterocycles. The van der Waals surface area contributed by atoms with Gasteiger partial charge in [0.2, 0.25) is 10.0 Å². The lowest BCUT2D eigenvalue weighted by molar-refractivity contribution is 0.385. The minimum Gasteiger partial charge on any atom is -0.320 e. The molecular formula is C16H22N2O2S. The van der Waals surface area contributed by atoms with Crippen LogP contribution in [0.4, 0.5) is 5.69 Å². The van der Waals surface area contributed by atoms with Gasteiger partial charge in [-0.2, -0.15) is 0 Å². The Morgan fingerprint density at radius 2 is 2.00 bits per heavy atom. The molecule has 1 fully saturated rings. The number of hydrogen-bond acceptors (Lipinski definition) is 3. The molecule has 4 nitrogen and oxygen atoms in total. The van der Waals surface area contributed by atoms with Crippen molar-refractivity contribution in [1.29, 1.82) is 0 Å². The van der Waals surface area contributed by atoms with Crippen LogP contribution in [0.5, 0.6) is 0 Å². The van der Waals surface area contributed by atoms with E-state index in [1.54, 1.807) is 18.2 Å². The van der Waals surface area contributed by atoms with Gasteiger partial charge in [0.1, 0.15) is 0 Å². The van der Waals surface area contributed by atoms with Gasteiger partial charge >= 0.3 is 0 Å². The van der Waals surface area contributed by atoms with Crippen molar-refractivity contribution in [3.8, 4) is 11.8 Å². The van der Waals surface area contributed by atoms with Gasteiger partial charge in [0.05, 0.1) is 12.3 Å². The van der Waals surface area contributed by atoms with Crippen molar-refractivity contribution >= 4 is 15.7 Å². The molecule has 1 aliphatic carbocycles. The average Bonchev–Trinajstić information content (AvgIpc) is 2.45. The SMILES string of the molecule is NCC#Cc1cccc(NS(=O)(=O)CC2CCCCC2)c1. The minimum atomic E-state index is -3.29. The van der Waals surface area contributed by atoms with Crippen LogP contribution in [0, 0.1) is 17.8 Å². The Morgan fingerprint density at radius 3 is 2.71 bits per heavy atom. The van der Waals surface area contributed by atoms with E-state index in [0.717, 1.165) is 31.2 Å². The maximum Gasteiger partial charge on any atom is 0.232 e. The van der Waals surface area contributed by atoms with E-state index in [1.807, 2.05) is 6.07 Å². The van der Waals surface area contributed by atoms with E-state index in [1.165, 1.54) is 6.42 Å². The van der Waals surface area contributed by atoms with Crippen LogP contribution in [0.2, 0.25) is 0 Å². The summed E-state index contributed by atoms with van der Waals surface area (Å²) >= 11 is 0. The number of hydrogen-bond donors (Lipinski definition) is 2. The number of nitrogens with one attached hydrogen (secondary N) is 1. The zero-order valence-corrected chi connectivity index (χ0v) is 13.0. The molecule has 2 rings (SSSR count). The Morgan fingerprint density at radius 1 is 1.24 bits per heavy atom. The minimum absolute atomic E-state index is 0.214. The Balaban J connectivity index is 2.02. The van der Waals surface area contributed by atoms with Crippen molar-refractivity contribution in [2.75, 3.05) is 17.0 Å². The second-order valence-corrected chi connectivity index (χ2v) is 7.24. The van der Waals surface area contributed by atoms with Crippen molar-refractivity contribution in [3.63, 3.8) is 0 Å². The molecule has 0 atom stereocenters. The van der Waals surface area contributed by atoms with Gasteiger partial charge in [0.25, 0.3) is 0 Å². The Kier molecular flexibility index (Phi) is 5.66. The topological polar surface area (TPSA) is 72.2 Å². The average molecular weight is 306 g/mol. The molecule has 0 unspecified atom stereocenters. The molecule has 0 amide bonds. The smallest absolute Gasteiger partial charge is 0.232 e. The van der Waals surface area contributed by atoms with E-state index in [2.05, 4.69) is 16.6 Å². The summed E-state index contributed by atoms with van der Waals surface area (Å²) in [6.07, 6.45) is 5.55. The van der Waals surface area contributed by atoms with Crippen molar-refractivity contribution < 1.29 is 8.42 Å². The molecule has 3 N–H and O–H groups in total. The summed E-state index contributed by atoms with van der Waals surface area (Å²) in [4.78, 5) is 0. The molecule has 21 heavy (non-hydrogen) atoms. The fourth-order valence-electron chi connectivity index (χ4n) is 2.70. The monoisotopic (exact) mass is 306 g/mol. The summed E-state index contributed by atoms with van der Waals surface area (Å²) < 4.78 is 27.1. The highest BCUT2D eigenvalue weighted by atomic mass is 32.2. The van der Waals surface area contributed by atoms with Crippen molar-refractivity contribution in [3.05, 3.63) is 29.8 Å². The normalized spacial score (nSPS) is 16.0. The van der Waals surface area contributed by atoms with Crippen molar-refractivity contribution in [1.82, 2.24) is 0 Å². The summed E-state index contributed by atoms with van der Waals surface area (Å²) in [5.41, 5.74) is 6.66. The molecule has 0 radical (unpaired) electrons. The van der Waals surface area contributed by atoms with E-state index in [9.17, 15) is 8.42 Å². The molecule has 1 aromatic rings. The van der Waals surface area contributed by atoms with E-state index >= 15 is 0 Å². The summed E-state index contributed by atoms with van der Waals surface area (Å²) in [7, 11) is -3.29. The van der Waals surface area contributed by atoms with Crippen LogP contribution in [0.3, 0.4) is 0 Å². The second kappa shape index (κ2) is 7.48. The third-order valence-corrected chi connectivity index (χ3v) is 5.11.